The summed E-state index contributed by atoms with van der Waals surface area (Å²) in [5.41, 5.74) is 0.451. The topological polar surface area (TPSA) is 51.8 Å². The van der Waals surface area contributed by atoms with Crippen LogP contribution in [-0.4, -0.2) is 15.1 Å². The first-order chi connectivity index (χ1) is 5.81. The first kappa shape index (κ1) is 7.49. The van der Waals surface area contributed by atoms with E-state index in [0.717, 1.165) is 6.42 Å². The van der Waals surface area contributed by atoms with Crippen molar-refractivity contribution in [2.45, 2.75) is 13.3 Å². The predicted octanol–water partition coefficient (Wildman–Crippen LogP) is 1.83. The van der Waals surface area contributed by atoms with Gasteiger partial charge in [0.1, 0.15) is 11.0 Å². The van der Waals surface area contributed by atoms with Crippen LogP contribution in [0.1, 0.15) is 12.7 Å². The van der Waals surface area contributed by atoms with Gasteiger partial charge >= 0.3 is 0 Å². The van der Waals surface area contributed by atoms with Gasteiger partial charge < -0.3 is 4.52 Å². The van der Waals surface area contributed by atoms with Crippen LogP contribution in [0.2, 0.25) is 5.15 Å². The van der Waals surface area contributed by atoms with E-state index in [0.29, 0.717) is 22.1 Å². The molecular weight excluding hydrogens is 178 g/mol. The van der Waals surface area contributed by atoms with Crippen LogP contribution in [0.4, 0.5) is 0 Å². The molecule has 0 fully saturated rings. The summed E-state index contributed by atoms with van der Waals surface area (Å²) in [5.74, 6) is 0.671. The van der Waals surface area contributed by atoms with Gasteiger partial charge in [-0.15, -0.1) is 0 Å². The second-order valence-corrected chi connectivity index (χ2v) is 2.69. The molecule has 12 heavy (non-hydrogen) atoms. The van der Waals surface area contributed by atoms with E-state index in [9.17, 15) is 0 Å². The lowest BCUT2D eigenvalue weighted by Crippen LogP contribution is -1.92. The number of aryl methyl sites for hydroxylation is 1. The van der Waals surface area contributed by atoms with Crippen LogP contribution < -0.4 is 0 Å². The van der Waals surface area contributed by atoms with E-state index >= 15 is 0 Å². The van der Waals surface area contributed by atoms with Crippen molar-refractivity contribution < 1.29 is 4.52 Å². The number of aromatic nitrogens is 3. The Morgan fingerprint density at radius 1 is 1.50 bits per heavy atom. The summed E-state index contributed by atoms with van der Waals surface area (Å²) in [6.07, 6.45) is 2.24. The molecule has 2 aromatic heterocycles. The van der Waals surface area contributed by atoms with Crippen LogP contribution in [0.25, 0.3) is 11.1 Å². The quantitative estimate of drug-likeness (QED) is 0.633. The van der Waals surface area contributed by atoms with Crippen LogP contribution in [0.3, 0.4) is 0 Å². The highest BCUT2D eigenvalue weighted by Gasteiger charge is 2.07. The van der Waals surface area contributed by atoms with Crippen molar-refractivity contribution in [2.24, 2.45) is 0 Å². The molecule has 5 heteroatoms. The minimum Gasteiger partial charge on any atom is -0.336 e. The summed E-state index contributed by atoms with van der Waals surface area (Å²) < 4.78 is 4.86. The minimum absolute atomic E-state index is 0.401. The zero-order valence-electron chi connectivity index (χ0n) is 6.41. The van der Waals surface area contributed by atoms with E-state index in [1.54, 1.807) is 0 Å². The summed E-state index contributed by atoms with van der Waals surface area (Å²) in [4.78, 5) is 8.14. The van der Waals surface area contributed by atoms with Crippen molar-refractivity contribution in [1.29, 1.82) is 0 Å². The standard InChI is InChI=1S/C7H6ClN3O/c1-2-5-10-6(8)4-3-9-12-7(4)11-5/h3H,2H2,1H3. The average molecular weight is 184 g/mol. The second kappa shape index (κ2) is 2.71. The van der Waals surface area contributed by atoms with E-state index < -0.39 is 0 Å². The average Bonchev–Trinajstić information content (AvgIpc) is 2.52. The Labute approximate surface area is 73.6 Å². The molecule has 0 radical (unpaired) electrons. The summed E-state index contributed by atoms with van der Waals surface area (Å²) in [5, 5.41) is 4.64. The number of fused-ring (bicyclic) bond motifs is 1. The molecule has 0 amide bonds. The van der Waals surface area contributed by atoms with Gasteiger partial charge in [-0.3, -0.25) is 0 Å². The third-order valence-electron chi connectivity index (χ3n) is 1.55. The molecule has 0 saturated heterocycles. The van der Waals surface area contributed by atoms with Gasteiger partial charge in [0, 0.05) is 6.42 Å². The normalized spacial score (nSPS) is 10.8. The summed E-state index contributed by atoms with van der Waals surface area (Å²) >= 11 is 5.83. The number of nitrogens with zero attached hydrogens (tertiary/aromatic N) is 3. The Hall–Kier alpha value is -1.16. The lowest BCUT2D eigenvalue weighted by atomic mass is 10.4. The molecule has 0 aliphatic rings. The van der Waals surface area contributed by atoms with Gasteiger partial charge in [-0.2, -0.15) is 4.98 Å². The third kappa shape index (κ3) is 1.04. The van der Waals surface area contributed by atoms with Gasteiger partial charge in [0.2, 0.25) is 0 Å². The molecule has 2 aromatic rings. The number of halogens is 1. The van der Waals surface area contributed by atoms with Crippen molar-refractivity contribution >= 4 is 22.7 Å². The van der Waals surface area contributed by atoms with Gasteiger partial charge in [-0.05, 0) is 0 Å². The largest absolute Gasteiger partial charge is 0.336 e. The van der Waals surface area contributed by atoms with Crippen molar-refractivity contribution in [1.82, 2.24) is 15.1 Å². The highest BCUT2D eigenvalue weighted by molar-refractivity contribution is 6.33. The Balaban J connectivity index is 2.75. The molecule has 0 aliphatic heterocycles. The molecule has 0 saturated carbocycles. The molecule has 0 aliphatic carbocycles. The Kier molecular flexibility index (Phi) is 1.69. The maximum absolute atomic E-state index is 5.83. The first-order valence-electron chi connectivity index (χ1n) is 3.58. The molecule has 0 unspecified atom stereocenters. The van der Waals surface area contributed by atoms with Gasteiger partial charge in [0.25, 0.3) is 5.71 Å². The molecule has 0 atom stereocenters. The zero-order valence-corrected chi connectivity index (χ0v) is 7.17. The third-order valence-corrected chi connectivity index (χ3v) is 1.84. The van der Waals surface area contributed by atoms with Crippen molar-refractivity contribution in [3.63, 3.8) is 0 Å². The molecule has 62 valence electrons. The van der Waals surface area contributed by atoms with Crippen LogP contribution in [0.5, 0.6) is 0 Å². The van der Waals surface area contributed by atoms with Gasteiger partial charge in [0.15, 0.2) is 0 Å². The summed E-state index contributed by atoms with van der Waals surface area (Å²) in [6.45, 7) is 1.95. The Morgan fingerprint density at radius 3 is 3.08 bits per heavy atom. The molecule has 0 bridgehead atoms. The summed E-state index contributed by atoms with van der Waals surface area (Å²) in [7, 11) is 0. The number of hydrogen-bond donors (Lipinski definition) is 0. The maximum atomic E-state index is 5.83. The van der Waals surface area contributed by atoms with Gasteiger partial charge in [-0.1, -0.05) is 23.7 Å². The molecule has 4 nitrogen and oxygen atoms in total. The van der Waals surface area contributed by atoms with Gasteiger partial charge in [-0.25, -0.2) is 4.98 Å². The van der Waals surface area contributed by atoms with Crippen LogP contribution in [0, 0.1) is 0 Å². The molecule has 2 rings (SSSR count). The van der Waals surface area contributed by atoms with Gasteiger partial charge in [0.05, 0.1) is 11.6 Å². The zero-order chi connectivity index (χ0) is 8.55. The van der Waals surface area contributed by atoms with E-state index in [-0.39, 0.29) is 0 Å². The van der Waals surface area contributed by atoms with Crippen LogP contribution in [-0.2, 0) is 6.42 Å². The highest BCUT2D eigenvalue weighted by atomic mass is 35.5. The fourth-order valence-corrected chi connectivity index (χ4v) is 1.16. The Bertz CT molecular complexity index is 412. The minimum atomic E-state index is 0.401. The second-order valence-electron chi connectivity index (χ2n) is 2.33. The predicted molar refractivity (Wildman–Crippen MR) is 44.0 cm³/mol. The SMILES string of the molecule is CCc1nc(Cl)c2cnoc2n1. The van der Waals surface area contributed by atoms with Crippen molar-refractivity contribution in [3.8, 4) is 0 Å². The fraction of sp³-hybridized carbons (Fsp3) is 0.286. The van der Waals surface area contributed by atoms with Crippen molar-refractivity contribution in [3.05, 3.63) is 17.2 Å². The van der Waals surface area contributed by atoms with Crippen molar-refractivity contribution in [2.75, 3.05) is 0 Å². The van der Waals surface area contributed by atoms with E-state index in [1.807, 2.05) is 6.92 Å². The maximum Gasteiger partial charge on any atom is 0.262 e. The Morgan fingerprint density at radius 2 is 2.33 bits per heavy atom. The molecule has 0 N–H and O–H groups in total. The monoisotopic (exact) mass is 183 g/mol. The molecule has 0 spiro atoms. The fourth-order valence-electron chi connectivity index (χ4n) is 0.929. The van der Waals surface area contributed by atoms with E-state index in [4.69, 9.17) is 16.1 Å². The summed E-state index contributed by atoms with van der Waals surface area (Å²) in [6, 6.07) is 0. The first-order valence-corrected chi connectivity index (χ1v) is 3.96. The lowest BCUT2D eigenvalue weighted by Gasteiger charge is -1.94. The van der Waals surface area contributed by atoms with E-state index in [1.165, 1.54) is 6.20 Å². The van der Waals surface area contributed by atoms with Crippen LogP contribution in [0.15, 0.2) is 10.7 Å². The molecule has 0 aromatic carbocycles. The smallest absolute Gasteiger partial charge is 0.262 e. The molecule has 2 heterocycles. The van der Waals surface area contributed by atoms with E-state index in [2.05, 4.69) is 15.1 Å². The van der Waals surface area contributed by atoms with Crippen LogP contribution >= 0.6 is 11.6 Å². The highest BCUT2D eigenvalue weighted by Crippen LogP contribution is 2.19. The molecular formula is C7H6ClN3O. The number of rotatable bonds is 1. The lowest BCUT2D eigenvalue weighted by molar-refractivity contribution is 0.447. The number of hydrogen-bond acceptors (Lipinski definition) is 4.